The van der Waals surface area contributed by atoms with Gasteiger partial charge in [-0.15, -0.1) is 0 Å². The molecule has 0 aliphatic carbocycles. The van der Waals surface area contributed by atoms with Crippen LogP contribution in [-0.2, 0) is 22.6 Å². The van der Waals surface area contributed by atoms with E-state index in [1.807, 2.05) is 31.2 Å². The number of carbonyl (C=O) groups excluding carboxylic acids is 2. The average molecular weight is 398 g/mol. The van der Waals surface area contributed by atoms with Crippen LogP contribution in [0.25, 0.3) is 0 Å². The molecule has 0 radical (unpaired) electrons. The summed E-state index contributed by atoms with van der Waals surface area (Å²) in [4.78, 5) is 27.3. The van der Waals surface area contributed by atoms with Crippen LogP contribution in [0, 0.1) is 11.2 Å². The molecule has 29 heavy (non-hydrogen) atoms. The van der Waals surface area contributed by atoms with Crippen molar-refractivity contribution in [1.29, 1.82) is 0 Å². The van der Waals surface area contributed by atoms with E-state index >= 15 is 0 Å². The summed E-state index contributed by atoms with van der Waals surface area (Å²) in [5.41, 5.74) is 1.14. The van der Waals surface area contributed by atoms with Crippen molar-refractivity contribution in [3.63, 3.8) is 0 Å². The minimum Gasteiger partial charge on any atom is -0.497 e. The van der Waals surface area contributed by atoms with Crippen LogP contribution in [0.15, 0.2) is 48.5 Å². The molecule has 0 bridgehead atoms. The van der Waals surface area contributed by atoms with Crippen LogP contribution >= 0.6 is 0 Å². The Morgan fingerprint density at radius 1 is 1.10 bits per heavy atom. The molecule has 2 aromatic carbocycles. The first-order valence-corrected chi connectivity index (χ1v) is 9.83. The number of ether oxygens (including phenoxy) is 1. The lowest BCUT2D eigenvalue weighted by atomic mass is 9.80. The number of halogens is 1. The molecule has 1 fully saturated rings. The Bertz CT molecular complexity index is 851. The highest BCUT2D eigenvalue weighted by Crippen LogP contribution is 2.30. The molecule has 0 aromatic heterocycles. The SMILES string of the molecule is COc1ccc(CNC(=O)[C@@]2(C)CCCN(C(=O)Cc3ccc(F)cc3)C2)cc1. The molecule has 6 heteroatoms. The number of amides is 2. The van der Waals surface area contributed by atoms with Gasteiger partial charge < -0.3 is 15.0 Å². The fourth-order valence-electron chi connectivity index (χ4n) is 3.67. The lowest BCUT2D eigenvalue weighted by Crippen LogP contribution is -2.52. The maximum absolute atomic E-state index is 13.1. The van der Waals surface area contributed by atoms with Crippen LogP contribution in [0.4, 0.5) is 4.39 Å². The zero-order valence-corrected chi connectivity index (χ0v) is 16.9. The topological polar surface area (TPSA) is 58.6 Å². The number of benzene rings is 2. The molecule has 2 amide bonds. The van der Waals surface area contributed by atoms with Crippen molar-refractivity contribution < 1.29 is 18.7 Å². The van der Waals surface area contributed by atoms with Gasteiger partial charge in [-0.1, -0.05) is 24.3 Å². The van der Waals surface area contributed by atoms with E-state index in [9.17, 15) is 14.0 Å². The van der Waals surface area contributed by atoms with Gasteiger partial charge in [0.15, 0.2) is 0 Å². The Morgan fingerprint density at radius 3 is 2.41 bits per heavy atom. The monoisotopic (exact) mass is 398 g/mol. The number of nitrogens with one attached hydrogen (secondary N) is 1. The maximum atomic E-state index is 13.1. The Hall–Kier alpha value is -2.89. The van der Waals surface area contributed by atoms with Crippen LogP contribution in [-0.4, -0.2) is 36.9 Å². The van der Waals surface area contributed by atoms with E-state index in [1.165, 1.54) is 12.1 Å². The molecule has 1 saturated heterocycles. The van der Waals surface area contributed by atoms with Gasteiger partial charge in [0.2, 0.25) is 11.8 Å². The highest BCUT2D eigenvalue weighted by Gasteiger charge is 2.39. The van der Waals surface area contributed by atoms with Crippen LogP contribution in [0.2, 0.25) is 0 Å². The predicted octanol–water partition coefficient (Wildman–Crippen LogP) is 3.32. The number of likely N-dealkylation sites (tertiary alicyclic amines) is 1. The first-order chi connectivity index (χ1) is 13.9. The normalized spacial score (nSPS) is 18.9. The Kier molecular flexibility index (Phi) is 6.52. The van der Waals surface area contributed by atoms with Gasteiger partial charge in [-0.3, -0.25) is 9.59 Å². The highest BCUT2D eigenvalue weighted by molar-refractivity contribution is 5.84. The second-order valence-electron chi connectivity index (χ2n) is 7.81. The number of methoxy groups -OCH3 is 1. The van der Waals surface area contributed by atoms with Crippen molar-refractivity contribution in [2.45, 2.75) is 32.7 Å². The van der Waals surface area contributed by atoms with Crippen molar-refractivity contribution >= 4 is 11.8 Å². The lowest BCUT2D eigenvalue weighted by molar-refractivity contribution is -0.140. The Labute approximate surface area is 170 Å². The molecule has 5 nitrogen and oxygen atoms in total. The Balaban J connectivity index is 1.57. The summed E-state index contributed by atoms with van der Waals surface area (Å²) < 4.78 is 18.2. The van der Waals surface area contributed by atoms with E-state index in [-0.39, 0.29) is 24.1 Å². The minimum atomic E-state index is -0.622. The standard InChI is InChI=1S/C23H27FN2O3/c1-23(22(28)25-15-18-6-10-20(29-2)11-7-18)12-3-13-26(16-23)21(27)14-17-4-8-19(24)9-5-17/h4-11H,3,12-16H2,1-2H3,(H,25,28)/t23-/m0/s1. The van der Waals surface area contributed by atoms with E-state index < -0.39 is 5.41 Å². The zero-order valence-electron chi connectivity index (χ0n) is 16.9. The predicted molar refractivity (Wildman–Crippen MR) is 109 cm³/mol. The third kappa shape index (κ3) is 5.34. The average Bonchev–Trinajstić information content (AvgIpc) is 2.74. The molecule has 154 valence electrons. The summed E-state index contributed by atoms with van der Waals surface area (Å²) in [7, 11) is 1.61. The smallest absolute Gasteiger partial charge is 0.227 e. The number of piperidine rings is 1. The van der Waals surface area contributed by atoms with Crippen molar-refractivity contribution in [2.24, 2.45) is 5.41 Å². The van der Waals surface area contributed by atoms with Crippen molar-refractivity contribution in [2.75, 3.05) is 20.2 Å². The molecule has 2 aromatic rings. The van der Waals surface area contributed by atoms with E-state index in [0.29, 0.717) is 19.6 Å². The van der Waals surface area contributed by atoms with Crippen LogP contribution in [0.3, 0.4) is 0 Å². The summed E-state index contributed by atoms with van der Waals surface area (Å²) in [6, 6.07) is 13.5. The highest BCUT2D eigenvalue weighted by atomic mass is 19.1. The fraction of sp³-hybridized carbons (Fsp3) is 0.391. The fourth-order valence-corrected chi connectivity index (χ4v) is 3.67. The maximum Gasteiger partial charge on any atom is 0.227 e. The van der Waals surface area contributed by atoms with Crippen LogP contribution < -0.4 is 10.1 Å². The van der Waals surface area contributed by atoms with Crippen molar-refractivity contribution in [3.05, 3.63) is 65.5 Å². The second-order valence-corrected chi connectivity index (χ2v) is 7.81. The number of hydrogen-bond donors (Lipinski definition) is 1. The first kappa shape index (κ1) is 20.8. The summed E-state index contributed by atoms with van der Waals surface area (Å²) in [5.74, 6) is 0.369. The number of hydrogen-bond acceptors (Lipinski definition) is 3. The molecule has 0 spiro atoms. The lowest BCUT2D eigenvalue weighted by Gasteiger charge is -2.39. The van der Waals surface area contributed by atoms with Gasteiger partial charge in [0.05, 0.1) is 18.9 Å². The van der Waals surface area contributed by atoms with Gasteiger partial charge in [-0.2, -0.15) is 0 Å². The second kappa shape index (κ2) is 9.07. The summed E-state index contributed by atoms with van der Waals surface area (Å²) in [6.07, 6.45) is 1.73. The van der Waals surface area contributed by atoms with E-state index in [1.54, 1.807) is 24.1 Å². The number of rotatable bonds is 6. The summed E-state index contributed by atoms with van der Waals surface area (Å²) in [5, 5.41) is 3.00. The summed E-state index contributed by atoms with van der Waals surface area (Å²) in [6.45, 7) is 3.37. The number of nitrogens with zero attached hydrogens (tertiary/aromatic N) is 1. The summed E-state index contributed by atoms with van der Waals surface area (Å²) >= 11 is 0. The van der Waals surface area contributed by atoms with E-state index in [0.717, 1.165) is 29.7 Å². The molecular formula is C23H27FN2O3. The molecule has 0 unspecified atom stereocenters. The molecule has 0 saturated carbocycles. The van der Waals surface area contributed by atoms with Gasteiger partial charge in [-0.25, -0.2) is 4.39 Å². The molecule has 1 aliphatic rings. The largest absolute Gasteiger partial charge is 0.497 e. The van der Waals surface area contributed by atoms with Crippen LogP contribution in [0.1, 0.15) is 30.9 Å². The molecule has 3 rings (SSSR count). The number of carbonyl (C=O) groups is 2. The first-order valence-electron chi connectivity index (χ1n) is 9.83. The molecule has 1 atom stereocenters. The minimum absolute atomic E-state index is 0.0366. The molecule has 1 aliphatic heterocycles. The molecule has 1 heterocycles. The van der Waals surface area contributed by atoms with Crippen molar-refractivity contribution in [3.8, 4) is 5.75 Å². The van der Waals surface area contributed by atoms with Gasteiger partial charge >= 0.3 is 0 Å². The third-order valence-electron chi connectivity index (χ3n) is 5.48. The van der Waals surface area contributed by atoms with Gasteiger partial charge in [0.25, 0.3) is 0 Å². The van der Waals surface area contributed by atoms with Gasteiger partial charge in [0.1, 0.15) is 11.6 Å². The Morgan fingerprint density at radius 2 is 1.76 bits per heavy atom. The van der Waals surface area contributed by atoms with Crippen molar-refractivity contribution in [1.82, 2.24) is 10.2 Å². The van der Waals surface area contributed by atoms with Crippen LogP contribution in [0.5, 0.6) is 5.75 Å². The molecular weight excluding hydrogens is 371 g/mol. The van der Waals surface area contributed by atoms with E-state index in [4.69, 9.17) is 4.74 Å². The van der Waals surface area contributed by atoms with Gasteiger partial charge in [-0.05, 0) is 55.2 Å². The van der Waals surface area contributed by atoms with Gasteiger partial charge in [0, 0.05) is 19.6 Å². The quantitative estimate of drug-likeness (QED) is 0.812. The van der Waals surface area contributed by atoms with E-state index in [2.05, 4.69) is 5.32 Å². The molecule has 1 N–H and O–H groups in total. The third-order valence-corrected chi connectivity index (χ3v) is 5.48. The zero-order chi connectivity index (χ0) is 20.9.